The Morgan fingerprint density at radius 3 is 2.24 bits per heavy atom. The number of ether oxygens (including phenoxy) is 1. The fourth-order valence-electron chi connectivity index (χ4n) is 4.22. The average molecular weight is 463 g/mol. The fraction of sp³-hybridized carbons (Fsp3) is 0.320. The van der Waals surface area contributed by atoms with E-state index in [9.17, 15) is 24.0 Å². The molecule has 0 atom stereocenters. The van der Waals surface area contributed by atoms with Crippen molar-refractivity contribution in [3.05, 3.63) is 65.2 Å². The highest BCUT2D eigenvalue weighted by Crippen LogP contribution is 2.23. The van der Waals surface area contributed by atoms with E-state index in [1.807, 2.05) is 0 Å². The van der Waals surface area contributed by atoms with Crippen molar-refractivity contribution < 1.29 is 28.7 Å². The normalized spacial score (nSPS) is 15.8. The monoisotopic (exact) mass is 463 g/mol. The van der Waals surface area contributed by atoms with Gasteiger partial charge in [0.25, 0.3) is 17.7 Å². The predicted molar refractivity (Wildman–Crippen MR) is 121 cm³/mol. The lowest BCUT2D eigenvalue weighted by atomic mass is 10.0. The number of carbonyl (C=O) groups is 5. The molecule has 9 nitrogen and oxygen atoms in total. The minimum atomic E-state index is -0.454. The van der Waals surface area contributed by atoms with E-state index >= 15 is 0 Å². The molecule has 0 saturated carbocycles. The molecule has 9 heteroatoms. The first-order valence-corrected chi connectivity index (χ1v) is 11.2. The SMILES string of the molecule is CC(=O)Oc1cccc(C(=O)N2CCC(NC(=O)CCN3C(=O)c4ccccc4C3=O)CC2)c1. The van der Waals surface area contributed by atoms with Crippen molar-refractivity contribution in [1.82, 2.24) is 15.1 Å². The molecule has 0 aromatic heterocycles. The first-order valence-electron chi connectivity index (χ1n) is 11.2. The average Bonchev–Trinajstić information content (AvgIpc) is 3.07. The van der Waals surface area contributed by atoms with Gasteiger partial charge in [-0.15, -0.1) is 0 Å². The molecule has 2 aromatic carbocycles. The zero-order chi connectivity index (χ0) is 24.2. The molecule has 4 rings (SSSR count). The Hall–Kier alpha value is -4.01. The Morgan fingerprint density at radius 2 is 1.62 bits per heavy atom. The van der Waals surface area contributed by atoms with Crippen molar-refractivity contribution in [2.24, 2.45) is 0 Å². The van der Waals surface area contributed by atoms with Gasteiger partial charge in [-0.1, -0.05) is 18.2 Å². The molecule has 2 aliphatic rings. The lowest BCUT2D eigenvalue weighted by Gasteiger charge is -2.32. The Labute approximate surface area is 196 Å². The van der Waals surface area contributed by atoms with Crippen molar-refractivity contribution in [3.8, 4) is 5.75 Å². The molecular weight excluding hydrogens is 438 g/mol. The number of nitrogens with zero attached hydrogens (tertiary/aromatic N) is 2. The molecule has 34 heavy (non-hydrogen) atoms. The molecule has 2 aromatic rings. The maximum Gasteiger partial charge on any atom is 0.308 e. The zero-order valence-electron chi connectivity index (χ0n) is 18.8. The fourth-order valence-corrected chi connectivity index (χ4v) is 4.22. The highest BCUT2D eigenvalue weighted by atomic mass is 16.5. The van der Waals surface area contributed by atoms with Crippen LogP contribution in [0, 0.1) is 0 Å². The molecule has 2 heterocycles. The van der Waals surface area contributed by atoms with E-state index in [1.54, 1.807) is 47.4 Å². The van der Waals surface area contributed by atoms with E-state index < -0.39 is 5.97 Å². The number of likely N-dealkylation sites (tertiary alicyclic amines) is 1. The van der Waals surface area contributed by atoms with Gasteiger partial charge in [0, 0.05) is 44.6 Å². The number of amides is 4. The van der Waals surface area contributed by atoms with Crippen molar-refractivity contribution in [2.45, 2.75) is 32.2 Å². The summed E-state index contributed by atoms with van der Waals surface area (Å²) >= 11 is 0. The molecule has 0 radical (unpaired) electrons. The molecule has 0 spiro atoms. The number of carbonyl (C=O) groups excluding carboxylic acids is 5. The number of imide groups is 1. The standard InChI is InChI=1S/C25H25N3O6/c1-16(29)34-19-6-4-5-17(15-19)23(31)27-12-9-18(10-13-27)26-22(30)11-14-28-24(32)20-7-2-3-8-21(20)25(28)33/h2-8,15,18H,9-14H2,1H3,(H,26,30). The summed E-state index contributed by atoms with van der Waals surface area (Å²) in [5, 5.41) is 2.94. The van der Waals surface area contributed by atoms with E-state index in [0.29, 0.717) is 48.4 Å². The minimum absolute atomic E-state index is 0.0214. The van der Waals surface area contributed by atoms with E-state index in [1.165, 1.54) is 13.0 Å². The molecule has 4 amide bonds. The minimum Gasteiger partial charge on any atom is -0.427 e. The summed E-state index contributed by atoms with van der Waals surface area (Å²) in [6.45, 7) is 2.27. The van der Waals surface area contributed by atoms with Gasteiger partial charge >= 0.3 is 5.97 Å². The number of piperidine rings is 1. The van der Waals surface area contributed by atoms with Crippen LogP contribution in [0.4, 0.5) is 0 Å². The first-order chi connectivity index (χ1) is 16.3. The molecule has 0 unspecified atom stereocenters. The van der Waals surface area contributed by atoms with Crippen LogP contribution in [-0.2, 0) is 9.59 Å². The van der Waals surface area contributed by atoms with Crippen LogP contribution in [0.15, 0.2) is 48.5 Å². The van der Waals surface area contributed by atoms with Gasteiger partial charge in [0.05, 0.1) is 11.1 Å². The first kappa shape index (κ1) is 23.2. The van der Waals surface area contributed by atoms with Crippen LogP contribution >= 0.6 is 0 Å². The van der Waals surface area contributed by atoms with Crippen molar-refractivity contribution >= 4 is 29.6 Å². The van der Waals surface area contributed by atoms with Gasteiger partial charge in [-0.3, -0.25) is 28.9 Å². The van der Waals surface area contributed by atoms with Crippen LogP contribution < -0.4 is 10.1 Å². The Kier molecular flexibility index (Phi) is 6.72. The molecule has 1 fully saturated rings. The van der Waals surface area contributed by atoms with Crippen molar-refractivity contribution in [2.75, 3.05) is 19.6 Å². The van der Waals surface area contributed by atoms with Crippen LogP contribution in [0.3, 0.4) is 0 Å². The molecule has 1 saturated heterocycles. The topological polar surface area (TPSA) is 113 Å². The summed E-state index contributed by atoms with van der Waals surface area (Å²) in [5.74, 6) is -1.29. The molecule has 2 aliphatic heterocycles. The van der Waals surface area contributed by atoms with Crippen LogP contribution in [0.5, 0.6) is 5.75 Å². The number of hydrogen-bond acceptors (Lipinski definition) is 6. The van der Waals surface area contributed by atoms with Crippen LogP contribution in [0.25, 0.3) is 0 Å². The molecule has 0 aliphatic carbocycles. The van der Waals surface area contributed by atoms with Crippen molar-refractivity contribution in [3.63, 3.8) is 0 Å². The maximum absolute atomic E-state index is 12.8. The van der Waals surface area contributed by atoms with Gasteiger partial charge in [0.1, 0.15) is 5.75 Å². The zero-order valence-corrected chi connectivity index (χ0v) is 18.8. The van der Waals surface area contributed by atoms with E-state index in [-0.39, 0.29) is 42.6 Å². The smallest absolute Gasteiger partial charge is 0.308 e. The molecule has 176 valence electrons. The summed E-state index contributed by atoms with van der Waals surface area (Å²) in [6, 6.07) is 13.0. The summed E-state index contributed by atoms with van der Waals surface area (Å²) in [6.07, 6.45) is 1.20. The second-order valence-electron chi connectivity index (χ2n) is 8.31. The summed E-state index contributed by atoms with van der Waals surface area (Å²) in [4.78, 5) is 64.0. The Balaban J connectivity index is 1.24. The number of hydrogen-bond donors (Lipinski definition) is 1. The second-order valence-corrected chi connectivity index (χ2v) is 8.31. The Morgan fingerprint density at radius 1 is 0.971 bits per heavy atom. The molecule has 1 N–H and O–H groups in total. The molecule has 0 bridgehead atoms. The van der Waals surface area contributed by atoms with Crippen LogP contribution in [-0.4, -0.2) is 65.1 Å². The largest absolute Gasteiger partial charge is 0.427 e. The number of esters is 1. The van der Waals surface area contributed by atoms with Crippen LogP contribution in [0.2, 0.25) is 0 Å². The number of nitrogens with one attached hydrogen (secondary N) is 1. The summed E-state index contributed by atoms with van der Waals surface area (Å²) in [7, 11) is 0. The van der Waals surface area contributed by atoms with E-state index in [0.717, 1.165) is 4.90 Å². The summed E-state index contributed by atoms with van der Waals surface area (Å²) in [5.41, 5.74) is 1.16. The van der Waals surface area contributed by atoms with E-state index in [4.69, 9.17) is 4.74 Å². The highest BCUT2D eigenvalue weighted by molar-refractivity contribution is 6.21. The third-order valence-corrected chi connectivity index (χ3v) is 5.93. The second kappa shape index (κ2) is 9.86. The third-order valence-electron chi connectivity index (χ3n) is 5.93. The van der Waals surface area contributed by atoms with Gasteiger partial charge in [0.2, 0.25) is 5.91 Å². The van der Waals surface area contributed by atoms with Gasteiger partial charge < -0.3 is 15.0 Å². The van der Waals surface area contributed by atoms with Crippen LogP contribution in [0.1, 0.15) is 57.3 Å². The quantitative estimate of drug-likeness (QED) is 0.398. The lowest BCUT2D eigenvalue weighted by molar-refractivity contribution is -0.132. The maximum atomic E-state index is 12.8. The lowest BCUT2D eigenvalue weighted by Crippen LogP contribution is -2.47. The third kappa shape index (κ3) is 4.98. The number of fused-ring (bicyclic) bond motifs is 1. The van der Waals surface area contributed by atoms with Gasteiger partial charge in [-0.05, 0) is 43.2 Å². The highest BCUT2D eigenvalue weighted by Gasteiger charge is 2.35. The summed E-state index contributed by atoms with van der Waals surface area (Å²) < 4.78 is 5.04. The van der Waals surface area contributed by atoms with Crippen molar-refractivity contribution in [1.29, 1.82) is 0 Å². The van der Waals surface area contributed by atoms with Gasteiger partial charge in [0.15, 0.2) is 0 Å². The van der Waals surface area contributed by atoms with Gasteiger partial charge in [-0.25, -0.2) is 0 Å². The Bertz CT molecular complexity index is 1120. The number of rotatable bonds is 6. The van der Waals surface area contributed by atoms with E-state index in [2.05, 4.69) is 5.32 Å². The van der Waals surface area contributed by atoms with Gasteiger partial charge in [-0.2, -0.15) is 0 Å². The number of benzene rings is 2. The molecular formula is C25H25N3O6. The predicted octanol–water partition coefficient (Wildman–Crippen LogP) is 2.02.